The minimum absolute atomic E-state index is 0.129. The molecule has 0 spiro atoms. The molecule has 2 aromatic heterocycles. The number of aromatic nitrogens is 2. The summed E-state index contributed by atoms with van der Waals surface area (Å²) in [6, 6.07) is 1.57. The molecule has 0 unspecified atom stereocenters. The molecule has 3 rings (SSSR count). The van der Waals surface area contributed by atoms with Gasteiger partial charge in [0, 0.05) is 30.2 Å². The predicted octanol–water partition coefficient (Wildman–Crippen LogP) is 3.74. The van der Waals surface area contributed by atoms with E-state index in [9.17, 15) is 26.7 Å². The number of pyridine rings is 1. The van der Waals surface area contributed by atoms with E-state index in [1.165, 1.54) is 0 Å². The molecule has 0 bridgehead atoms. The van der Waals surface area contributed by atoms with Gasteiger partial charge >= 0.3 is 12.2 Å². The summed E-state index contributed by atoms with van der Waals surface area (Å²) in [6.45, 7) is -0.255. The molecule has 6 N–H and O–H groups in total. The van der Waals surface area contributed by atoms with E-state index in [2.05, 4.69) is 25.7 Å². The van der Waals surface area contributed by atoms with Crippen molar-refractivity contribution in [1.82, 2.24) is 15.3 Å². The van der Waals surface area contributed by atoms with Crippen molar-refractivity contribution in [2.45, 2.75) is 6.18 Å². The molecule has 32 heavy (non-hydrogen) atoms. The highest BCUT2D eigenvalue weighted by Crippen LogP contribution is 2.40. The number of anilines is 1. The zero-order chi connectivity index (χ0) is 23.5. The van der Waals surface area contributed by atoms with Crippen molar-refractivity contribution in [3.05, 3.63) is 47.8 Å². The second kappa shape index (κ2) is 8.87. The number of urea groups is 1. The Morgan fingerprint density at radius 2 is 2.00 bits per heavy atom. The summed E-state index contributed by atoms with van der Waals surface area (Å²) in [5, 5.41) is 14.4. The van der Waals surface area contributed by atoms with Gasteiger partial charge < -0.3 is 31.6 Å². The Labute approximate surface area is 176 Å². The van der Waals surface area contributed by atoms with Crippen LogP contribution in [0.2, 0.25) is 0 Å². The number of hydrogen-bond donors (Lipinski definition) is 5. The summed E-state index contributed by atoms with van der Waals surface area (Å²) < 4.78 is 73.8. The van der Waals surface area contributed by atoms with Crippen LogP contribution in [0.3, 0.4) is 0 Å². The number of amides is 2. The van der Waals surface area contributed by atoms with E-state index in [1.807, 2.05) is 0 Å². The molecule has 0 aliphatic carbocycles. The number of halogens is 5. The van der Waals surface area contributed by atoms with Crippen LogP contribution in [-0.4, -0.2) is 34.5 Å². The van der Waals surface area contributed by atoms with Crippen molar-refractivity contribution in [3.8, 4) is 11.5 Å². The first kappa shape index (κ1) is 22.5. The fourth-order valence-corrected chi connectivity index (χ4v) is 2.66. The van der Waals surface area contributed by atoms with Crippen molar-refractivity contribution in [2.75, 3.05) is 11.9 Å². The number of alkyl halides is 3. The van der Waals surface area contributed by atoms with Gasteiger partial charge in [-0.1, -0.05) is 0 Å². The molecule has 0 aliphatic heterocycles. The smallest absolute Gasteiger partial charge is 0.418 e. The molecule has 0 fully saturated rings. The molecule has 0 radical (unpaired) electrons. The van der Waals surface area contributed by atoms with Crippen LogP contribution in [-0.2, 0) is 6.18 Å². The number of rotatable bonds is 6. The molecular formula is C18H14F5N7O2. The lowest BCUT2D eigenvalue weighted by atomic mass is 10.2. The van der Waals surface area contributed by atoms with Crippen LogP contribution < -0.4 is 21.2 Å². The molecule has 3 aromatic rings. The average Bonchev–Trinajstić information content (AvgIpc) is 3.15. The first-order valence-corrected chi connectivity index (χ1v) is 8.66. The van der Waals surface area contributed by atoms with Crippen molar-refractivity contribution in [2.24, 2.45) is 10.9 Å². The summed E-state index contributed by atoms with van der Waals surface area (Å²) >= 11 is 0. The Kier molecular flexibility index (Phi) is 6.22. The second-order valence-electron chi connectivity index (χ2n) is 6.21. The third-order valence-corrected chi connectivity index (χ3v) is 3.98. The van der Waals surface area contributed by atoms with E-state index in [0.29, 0.717) is 18.3 Å². The van der Waals surface area contributed by atoms with Gasteiger partial charge in [0.25, 0.3) is 0 Å². The molecule has 168 valence electrons. The van der Waals surface area contributed by atoms with Gasteiger partial charge in [0.2, 0.25) is 0 Å². The van der Waals surface area contributed by atoms with E-state index >= 15 is 0 Å². The van der Waals surface area contributed by atoms with Crippen LogP contribution in [0.1, 0.15) is 5.56 Å². The van der Waals surface area contributed by atoms with Crippen LogP contribution in [0.25, 0.3) is 11.0 Å². The quantitative estimate of drug-likeness (QED) is 0.167. The fourth-order valence-electron chi connectivity index (χ4n) is 2.66. The van der Waals surface area contributed by atoms with E-state index < -0.39 is 46.3 Å². The Morgan fingerprint density at radius 3 is 2.62 bits per heavy atom. The zero-order valence-electron chi connectivity index (χ0n) is 15.8. The van der Waals surface area contributed by atoms with Crippen LogP contribution in [0.5, 0.6) is 11.5 Å². The molecule has 1 aromatic carbocycles. The van der Waals surface area contributed by atoms with Gasteiger partial charge in [0.1, 0.15) is 11.4 Å². The summed E-state index contributed by atoms with van der Waals surface area (Å²) in [7, 11) is 0. The molecule has 0 atom stereocenters. The molecule has 2 heterocycles. The van der Waals surface area contributed by atoms with Gasteiger partial charge in [-0.25, -0.2) is 18.6 Å². The van der Waals surface area contributed by atoms with Crippen molar-refractivity contribution < 1.29 is 31.5 Å². The van der Waals surface area contributed by atoms with Crippen LogP contribution in [0.4, 0.5) is 32.4 Å². The van der Waals surface area contributed by atoms with E-state index in [-0.39, 0.29) is 23.6 Å². The normalized spacial score (nSPS) is 11.7. The van der Waals surface area contributed by atoms with Crippen molar-refractivity contribution in [1.29, 1.82) is 5.41 Å². The predicted molar refractivity (Wildman–Crippen MR) is 105 cm³/mol. The van der Waals surface area contributed by atoms with Gasteiger partial charge in [-0.05, 0) is 6.07 Å². The maximum absolute atomic E-state index is 14.5. The molecule has 0 saturated heterocycles. The maximum atomic E-state index is 14.5. The Hall–Kier alpha value is -4.23. The molecule has 14 heteroatoms. The largest absolute Gasteiger partial charge is 0.450 e. The molecule has 2 amide bonds. The van der Waals surface area contributed by atoms with Gasteiger partial charge in [-0.2, -0.15) is 18.3 Å². The van der Waals surface area contributed by atoms with E-state index in [4.69, 9.17) is 16.0 Å². The molecule has 0 aliphatic rings. The van der Waals surface area contributed by atoms with Gasteiger partial charge in [0.15, 0.2) is 17.4 Å². The van der Waals surface area contributed by atoms with E-state index in [0.717, 1.165) is 18.5 Å². The highest BCUT2D eigenvalue weighted by atomic mass is 19.4. The number of ether oxygens (including phenoxy) is 1. The number of benzene rings is 1. The summed E-state index contributed by atoms with van der Waals surface area (Å²) in [6.07, 6.45) is -2.00. The lowest BCUT2D eigenvalue weighted by Gasteiger charge is -2.13. The third kappa shape index (κ3) is 4.91. The lowest BCUT2D eigenvalue weighted by Crippen LogP contribution is -2.33. The lowest BCUT2D eigenvalue weighted by molar-refractivity contribution is -0.136. The number of fused-ring (bicyclic) bond motifs is 1. The number of carbonyl (C=O) groups excluding carboxylic acids is 1. The number of nitrogens with one attached hydrogen (secondary N) is 4. The first-order chi connectivity index (χ1) is 15.1. The van der Waals surface area contributed by atoms with Gasteiger partial charge in [-0.15, -0.1) is 0 Å². The van der Waals surface area contributed by atoms with E-state index in [1.54, 1.807) is 0 Å². The number of aromatic amines is 1. The Morgan fingerprint density at radius 1 is 1.31 bits per heavy atom. The van der Waals surface area contributed by atoms with Crippen molar-refractivity contribution >= 4 is 34.7 Å². The number of nitrogens with zero attached hydrogens (tertiary/aromatic N) is 2. The standard InChI is InChI=1S/C18H14F5N7O2/c19-11-3-9(30-17(31)28-5-8(24)6-29-25)4-12(20)15(11)32-13-1-2-26-16-14(13)10(7-27-16)18(21,22)23/h1-4,6-7,24H,5,25H2,(H,26,27)(H2,28,30,31). The van der Waals surface area contributed by atoms with Gasteiger partial charge in [0.05, 0.1) is 29.4 Å². The Bertz CT molecular complexity index is 1180. The number of H-pyrrole nitrogens is 1. The second-order valence-corrected chi connectivity index (χ2v) is 6.21. The summed E-state index contributed by atoms with van der Waals surface area (Å²) in [5.41, 5.74) is -1.73. The maximum Gasteiger partial charge on any atom is 0.418 e. The minimum Gasteiger partial charge on any atom is -0.450 e. The zero-order valence-corrected chi connectivity index (χ0v) is 15.8. The number of hydrogen-bond acceptors (Lipinski definition) is 6. The summed E-state index contributed by atoms with van der Waals surface area (Å²) in [4.78, 5) is 17.8. The van der Waals surface area contributed by atoms with Crippen LogP contribution >= 0.6 is 0 Å². The fraction of sp³-hybridized carbons (Fsp3) is 0.111. The number of carbonyl (C=O) groups is 1. The summed E-state index contributed by atoms with van der Waals surface area (Å²) in [5.74, 6) is 0.854. The first-order valence-electron chi connectivity index (χ1n) is 8.66. The van der Waals surface area contributed by atoms with Crippen LogP contribution in [0, 0.1) is 17.0 Å². The molecule has 0 saturated carbocycles. The Balaban J connectivity index is 1.83. The molecule has 9 nitrogen and oxygen atoms in total. The molecular weight excluding hydrogens is 441 g/mol. The van der Waals surface area contributed by atoms with Gasteiger partial charge in [-0.3, -0.25) is 0 Å². The topological polar surface area (TPSA) is 141 Å². The van der Waals surface area contributed by atoms with Crippen LogP contribution in [0.15, 0.2) is 35.7 Å². The monoisotopic (exact) mass is 455 g/mol. The SMILES string of the molecule is N=C(C=NN)CNC(=O)Nc1cc(F)c(Oc2ccnc3[nH]cc(C(F)(F)F)c23)c(F)c1. The minimum atomic E-state index is -4.76. The third-order valence-electron chi connectivity index (χ3n) is 3.98. The van der Waals surface area contributed by atoms with Crippen molar-refractivity contribution in [3.63, 3.8) is 0 Å². The number of nitrogens with two attached hydrogens (primary N) is 1. The number of hydrazone groups is 1. The highest BCUT2D eigenvalue weighted by Gasteiger charge is 2.35. The highest BCUT2D eigenvalue weighted by molar-refractivity contribution is 6.30. The average molecular weight is 455 g/mol.